The highest BCUT2D eigenvalue weighted by Gasteiger charge is 2.15. The molecule has 1 heterocycles. The minimum Gasteiger partial charge on any atom is -0.485 e. The monoisotopic (exact) mass is 282 g/mol. The Morgan fingerprint density at radius 1 is 1.29 bits per heavy atom. The quantitative estimate of drug-likeness (QED) is 0.791. The molecule has 1 aromatic carbocycles. The summed E-state index contributed by atoms with van der Waals surface area (Å²) in [6.07, 6.45) is 0. The molecule has 0 spiro atoms. The van der Waals surface area contributed by atoms with Crippen LogP contribution >= 0.6 is 0 Å². The van der Waals surface area contributed by atoms with E-state index in [2.05, 4.69) is 11.5 Å². The van der Waals surface area contributed by atoms with Crippen LogP contribution in [0.25, 0.3) is 0 Å². The molecule has 21 heavy (non-hydrogen) atoms. The summed E-state index contributed by atoms with van der Waals surface area (Å²) in [5, 5.41) is 8.73. The number of aryl methyl sites for hydroxylation is 1. The zero-order valence-electron chi connectivity index (χ0n) is 12.5. The zero-order chi connectivity index (χ0) is 15.4. The van der Waals surface area contributed by atoms with E-state index in [0.29, 0.717) is 16.9 Å². The van der Waals surface area contributed by atoms with Crippen LogP contribution in [0.5, 0.6) is 5.75 Å². The van der Waals surface area contributed by atoms with Crippen molar-refractivity contribution in [2.45, 2.75) is 27.3 Å². The normalized spacial score (nSPS) is 10.2. The topological polar surface area (TPSA) is 55.0 Å². The Balaban J connectivity index is 2.06. The number of benzene rings is 1. The van der Waals surface area contributed by atoms with Gasteiger partial charge in [0.1, 0.15) is 5.75 Å². The molecule has 0 N–H and O–H groups in total. The number of aromatic nitrogens is 1. The predicted molar refractivity (Wildman–Crippen MR) is 80.6 cm³/mol. The third-order valence-corrected chi connectivity index (χ3v) is 3.54. The van der Waals surface area contributed by atoms with Crippen LogP contribution in [-0.4, -0.2) is 17.0 Å². The molecular weight excluding hydrogens is 264 g/mol. The molecular formula is C17H18N2O2. The van der Waals surface area contributed by atoms with Crippen LogP contribution in [0, 0.1) is 25.2 Å². The summed E-state index contributed by atoms with van der Waals surface area (Å²) in [4.78, 5) is 12.3. The lowest BCUT2D eigenvalue weighted by Crippen LogP contribution is -2.12. The summed E-state index contributed by atoms with van der Waals surface area (Å²) in [6, 6.07) is 10.7. The molecule has 0 aliphatic heterocycles. The SMILES string of the molecule is CCn1c(C)cc(C(=O)COc2ccc(C#N)cc2)c1C. The molecule has 2 rings (SSSR count). The summed E-state index contributed by atoms with van der Waals surface area (Å²) in [5.74, 6) is 0.554. The maximum atomic E-state index is 12.3. The van der Waals surface area contributed by atoms with Crippen LogP contribution in [-0.2, 0) is 6.54 Å². The average Bonchev–Trinajstić information content (AvgIpc) is 2.79. The van der Waals surface area contributed by atoms with Crippen molar-refractivity contribution in [1.82, 2.24) is 4.57 Å². The maximum Gasteiger partial charge on any atom is 0.202 e. The molecule has 4 nitrogen and oxygen atoms in total. The van der Waals surface area contributed by atoms with Crippen molar-refractivity contribution in [3.8, 4) is 11.8 Å². The van der Waals surface area contributed by atoms with E-state index in [1.54, 1.807) is 24.3 Å². The van der Waals surface area contributed by atoms with E-state index in [0.717, 1.165) is 17.9 Å². The van der Waals surface area contributed by atoms with Crippen molar-refractivity contribution >= 4 is 5.78 Å². The molecule has 108 valence electrons. The first kappa shape index (κ1) is 14.9. The highest BCUT2D eigenvalue weighted by atomic mass is 16.5. The number of ketones is 1. The molecule has 1 aromatic heterocycles. The fourth-order valence-corrected chi connectivity index (χ4v) is 2.42. The molecule has 0 fully saturated rings. The molecule has 4 heteroatoms. The first-order chi connectivity index (χ1) is 10.1. The van der Waals surface area contributed by atoms with Crippen molar-refractivity contribution in [3.63, 3.8) is 0 Å². The van der Waals surface area contributed by atoms with Gasteiger partial charge < -0.3 is 9.30 Å². The summed E-state index contributed by atoms with van der Waals surface area (Å²) in [6.45, 7) is 6.85. The number of ether oxygens (including phenoxy) is 1. The summed E-state index contributed by atoms with van der Waals surface area (Å²) in [7, 11) is 0. The molecule has 0 aliphatic carbocycles. The summed E-state index contributed by atoms with van der Waals surface area (Å²) >= 11 is 0. The number of carbonyl (C=O) groups excluding carboxylic acids is 1. The largest absolute Gasteiger partial charge is 0.485 e. The molecule has 2 aromatic rings. The average molecular weight is 282 g/mol. The number of hydrogen-bond acceptors (Lipinski definition) is 3. The third-order valence-electron chi connectivity index (χ3n) is 3.54. The Labute approximate surface area is 124 Å². The van der Waals surface area contributed by atoms with Gasteiger partial charge in [0, 0.05) is 23.5 Å². The first-order valence-electron chi connectivity index (χ1n) is 6.89. The van der Waals surface area contributed by atoms with E-state index in [9.17, 15) is 4.79 Å². The van der Waals surface area contributed by atoms with Gasteiger partial charge in [-0.2, -0.15) is 5.26 Å². The number of Topliss-reactive ketones (excluding diaryl/α,β-unsaturated/α-hetero) is 1. The van der Waals surface area contributed by atoms with E-state index in [1.807, 2.05) is 26.0 Å². The molecule has 0 bridgehead atoms. The Morgan fingerprint density at radius 3 is 2.48 bits per heavy atom. The van der Waals surface area contributed by atoms with E-state index in [4.69, 9.17) is 10.00 Å². The van der Waals surface area contributed by atoms with Crippen molar-refractivity contribution in [2.24, 2.45) is 0 Å². The van der Waals surface area contributed by atoms with Gasteiger partial charge in [0.15, 0.2) is 6.61 Å². The van der Waals surface area contributed by atoms with Crippen LogP contribution in [0.15, 0.2) is 30.3 Å². The number of carbonyl (C=O) groups is 1. The molecule has 0 amide bonds. The van der Waals surface area contributed by atoms with E-state index in [1.165, 1.54) is 0 Å². The standard InChI is InChI=1S/C17H18N2O2/c1-4-19-12(2)9-16(13(19)3)17(20)11-21-15-7-5-14(10-18)6-8-15/h5-9H,4,11H2,1-3H3. The molecule has 0 saturated heterocycles. The lowest BCUT2D eigenvalue weighted by atomic mass is 10.1. The highest BCUT2D eigenvalue weighted by molar-refractivity contribution is 5.98. The van der Waals surface area contributed by atoms with Crippen LogP contribution in [0.1, 0.15) is 34.2 Å². The van der Waals surface area contributed by atoms with Gasteiger partial charge in [-0.25, -0.2) is 0 Å². The second-order valence-corrected chi connectivity index (χ2v) is 4.88. The van der Waals surface area contributed by atoms with Gasteiger partial charge in [-0.05, 0) is 51.1 Å². The number of nitriles is 1. The van der Waals surface area contributed by atoms with Crippen LogP contribution in [0.2, 0.25) is 0 Å². The Hall–Kier alpha value is -2.54. The fourth-order valence-electron chi connectivity index (χ4n) is 2.42. The number of hydrogen-bond donors (Lipinski definition) is 0. The second-order valence-electron chi connectivity index (χ2n) is 4.88. The van der Waals surface area contributed by atoms with Crippen molar-refractivity contribution < 1.29 is 9.53 Å². The number of rotatable bonds is 5. The van der Waals surface area contributed by atoms with E-state index >= 15 is 0 Å². The van der Waals surface area contributed by atoms with Gasteiger partial charge in [-0.3, -0.25) is 4.79 Å². The lowest BCUT2D eigenvalue weighted by Gasteiger charge is -2.07. The molecule has 0 unspecified atom stereocenters. The van der Waals surface area contributed by atoms with Crippen LogP contribution < -0.4 is 4.74 Å². The second kappa shape index (κ2) is 6.27. The minimum absolute atomic E-state index is 0.0000914. The van der Waals surface area contributed by atoms with Gasteiger partial charge in [0.05, 0.1) is 11.6 Å². The molecule has 0 saturated carbocycles. The van der Waals surface area contributed by atoms with E-state index < -0.39 is 0 Å². The Kier molecular flexibility index (Phi) is 4.44. The van der Waals surface area contributed by atoms with Gasteiger partial charge in [-0.15, -0.1) is 0 Å². The zero-order valence-corrected chi connectivity index (χ0v) is 12.5. The van der Waals surface area contributed by atoms with Crippen molar-refractivity contribution in [2.75, 3.05) is 6.61 Å². The Bertz CT molecular complexity index is 691. The van der Waals surface area contributed by atoms with Gasteiger partial charge in [-0.1, -0.05) is 0 Å². The number of nitrogens with zero attached hydrogens (tertiary/aromatic N) is 2. The van der Waals surface area contributed by atoms with Crippen molar-refractivity contribution in [3.05, 3.63) is 52.8 Å². The highest BCUT2D eigenvalue weighted by Crippen LogP contribution is 2.17. The lowest BCUT2D eigenvalue weighted by molar-refractivity contribution is 0.0921. The van der Waals surface area contributed by atoms with Gasteiger partial charge in [0.25, 0.3) is 0 Å². The molecule has 0 radical (unpaired) electrons. The molecule has 0 aliphatic rings. The summed E-state index contributed by atoms with van der Waals surface area (Å²) in [5.41, 5.74) is 3.34. The molecule has 0 atom stereocenters. The van der Waals surface area contributed by atoms with Gasteiger partial charge >= 0.3 is 0 Å². The Morgan fingerprint density at radius 2 is 1.95 bits per heavy atom. The third kappa shape index (κ3) is 3.14. The minimum atomic E-state index is -0.0350. The maximum absolute atomic E-state index is 12.3. The predicted octanol–water partition coefficient (Wildman–Crippen LogP) is 3.26. The van der Waals surface area contributed by atoms with Gasteiger partial charge in [0.2, 0.25) is 5.78 Å². The van der Waals surface area contributed by atoms with Crippen LogP contribution in [0.4, 0.5) is 0 Å². The van der Waals surface area contributed by atoms with Crippen molar-refractivity contribution in [1.29, 1.82) is 5.26 Å². The first-order valence-corrected chi connectivity index (χ1v) is 6.89. The fraction of sp³-hybridized carbons (Fsp3) is 0.294. The summed E-state index contributed by atoms with van der Waals surface area (Å²) < 4.78 is 7.60. The van der Waals surface area contributed by atoms with E-state index in [-0.39, 0.29) is 12.4 Å². The smallest absolute Gasteiger partial charge is 0.202 e. The van der Waals surface area contributed by atoms with Crippen LogP contribution in [0.3, 0.4) is 0 Å².